The summed E-state index contributed by atoms with van der Waals surface area (Å²) in [7, 11) is 1.51. The number of para-hydroxylation sites is 1. The van der Waals surface area contributed by atoms with Crippen molar-refractivity contribution < 1.29 is 14.7 Å². The van der Waals surface area contributed by atoms with Crippen molar-refractivity contribution in [2.45, 2.75) is 6.42 Å². The summed E-state index contributed by atoms with van der Waals surface area (Å²) in [6.07, 6.45) is -0.318. The molecule has 1 aliphatic rings. The van der Waals surface area contributed by atoms with Crippen LogP contribution >= 0.6 is 0 Å². The van der Waals surface area contributed by atoms with Gasteiger partial charge in [0.1, 0.15) is 6.54 Å². The van der Waals surface area contributed by atoms with Crippen molar-refractivity contribution >= 4 is 17.7 Å². The van der Waals surface area contributed by atoms with Crippen molar-refractivity contribution in [3.05, 3.63) is 30.3 Å². The first kappa shape index (κ1) is 18.1. The molecule has 132 valence electrons. The highest BCUT2D eigenvalue weighted by molar-refractivity contribution is 5.81. The Morgan fingerprint density at radius 3 is 2.42 bits per heavy atom. The minimum atomic E-state index is -1.05. The molecule has 0 unspecified atom stereocenters. The first-order valence-electron chi connectivity index (χ1n) is 8.31. The molecule has 1 aromatic carbocycles. The van der Waals surface area contributed by atoms with Crippen LogP contribution in [0.5, 0.6) is 0 Å². The topological polar surface area (TPSA) is 76.1 Å². The van der Waals surface area contributed by atoms with Crippen LogP contribution in [0.1, 0.15) is 6.42 Å². The normalized spacial score (nSPS) is 15.1. The molecule has 0 atom stereocenters. The highest BCUT2D eigenvalue weighted by Gasteiger charge is 2.18. The SMILES string of the molecule is CNC(=O)CN(CCCN1CCN(c2ccccc2)CC1)C(=O)O. The molecule has 24 heavy (non-hydrogen) atoms. The molecule has 1 aromatic rings. The Balaban J connectivity index is 1.70. The quantitative estimate of drug-likeness (QED) is 0.776. The number of nitrogens with one attached hydrogen (secondary N) is 1. The van der Waals surface area contributed by atoms with Gasteiger partial charge in [-0.05, 0) is 25.1 Å². The van der Waals surface area contributed by atoms with Gasteiger partial charge in [-0.2, -0.15) is 0 Å². The molecule has 0 bridgehead atoms. The fourth-order valence-electron chi connectivity index (χ4n) is 2.85. The number of likely N-dealkylation sites (N-methyl/N-ethyl adjacent to an activating group) is 1. The van der Waals surface area contributed by atoms with Crippen molar-refractivity contribution in [2.24, 2.45) is 0 Å². The average Bonchev–Trinajstić information content (AvgIpc) is 2.62. The number of benzene rings is 1. The van der Waals surface area contributed by atoms with E-state index in [2.05, 4.69) is 39.4 Å². The second-order valence-electron chi connectivity index (χ2n) is 5.90. The third kappa shape index (κ3) is 5.42. The van der Waals surface area contributed by atoms with Gasteiger partial charge in [0, 0.05) is 45.5 Å². The van der Waals surface area contributed by atoms with Gasteiger partial charge in [-0.1, -0.05) is 18.2 Å². The van der Waals surface area contributed by atoms with Crippen molar-refractivity contribution in [2.75, 3.05) is 57.8 Å². The van der Waals surface area contributed by atoms with Crippen LogP contribution in [0.3, 0.4) is 0 Å². The van der Waals surface area contributed by atoms with E-state index in [0.717, 1.165) is 39.1 Å². The molecule has 0 saturated carbocycles. The fraction of sp³-hybridized carbons (Fsp3) is 0.529. The summed E-state index contributed by atoms with van der Waals surface area (Å²) in [5.41, 5.74) is 1.25. The first-order valence-corrected chi connectivity index (χ1v) is 8.31. The molecule has 1 fully saturated rings. The maximum absolute atomic E-state index is 11.3. The van der Waals surface area contributed by atoms with Crippen LogP contribution in [0.2, 0.25) is 0 Å². The van der Waals surface area contributed by atoms with Gasteiger partial charge in [0.2, 0.25) is 5.91 Å². The summed E-state index contributed by atoms with van der Waals surface area (Å²) >= 11 is 0. The summed E-state index contributed by atoms with van der Waals surface area (Å²) in [6.45, 7) is 5.01. The van der Waals surface area contributed by atoms with E-state index in [1.54, 1.807) is 0 Å². The zero-order valence-corrected chi connectivity index (χ0v) is 14.1. The molecule has 1 aliphatic heterocycles. The molecule has 2 N–H and O–H groups in total. The second-order valence-corrected chi connectivity index (χ2v) is 5.90. The standard InChI is InChI=1S/C17H26N4O3/c1-18-16(22)14-21(17(23)24)9-5-8-19-10-12-20(13-11-19)15-6-3-2-4-7-15/h2-4,6-7H,5,8-14H2,1H3,(H,18,22)(H,23,24). The predicted octanol–water partition coefficient (Wildman–Crippen LogP) is 0.925. The molecule has 7 nitrogen and oxygen atoms in total. The van der Waals surface area contributed by atoms with Gasteiger partial charge in [-0.25, -0.2) is 4.79 Å². The largest absolute Gasteiger partial charge is 0.465 e. The van der Waals surface area contributed by atoms with E-state index in [9.17, 15) is 9.59 Å². The van der Waals surface area contributed by atoms with Crippen LogP contribution in [-0.4, -0.2) is 79.8 Å². The van der Waals surface area contributed by atoms with E-state index in [4.69, 9.17) is 5.11 Å². The Morgan fingerprint density at radius 2 is 1.83 bits per heavy atom. The smallest absolute Gasteiger partial charge is 0.407 e. The lowest BCUT2D eigenvalue weighted by atomic mass is 10.2. The van der Waals surface area contributed by atoms with E-state index >= 15 is 0 Å². The molecule has 0 aromatic heterocycles. The summed E-state index contributed by atoms with van der Waals surface area (Å²) in [5.74, 6) is -0.283. The lowest BCUT2D eigenvalue weighted by Crippen LogP contribution is -2.47. The number of carbonyl (C=O) groups excluding carboxylic acids is 1. The van der Waals surface area contributed by atoms with Crippen LogP contribution in [0.4, 0.5) is 10.5 Å². The van der Waals surface area contributed by atoms with E-state index in [1.165, 1.54) is 17.6 Å². The zero-order valence-electron chi connectivity index (χ0n) is 14.1. The Hall–Kier alpha value is -2.28. The average molecular weight is 334 g/mol. The number of carboxylic acid groups (broad SMARTS) is 1. The Kier molecular flexibility index (Phi) is 6.87. The minimum absolute atomic E-state index is 0.104. The van der Waals surface area contributed by atoms with E-state index in [-0.39, 0.29) is 12.5 Å². The maximum atomic E-state index is 11.3. The summed E-state index contributed by atoms with van der Waals surface area (Å²) in [4.78, 5) is 28.4. The first-order chi connectivity index (χ1) is 11.6. The Labute approximate surface area is 142 Å². The van der Waals surface area contributed by atoms with Gasteiger partial charge in [0.25, 0.3) is 0 Å². The Morgan fingerprint density at radius 1 is 1.17 bits per heavy atom. The van der Waals surface area contributed by atoms with Crippen LogP contribution < -0.4 is 10.2 Å². The number of nitrogens with zero attached hydrogens (tertiary/aromatic N) is 3. The lowest BCUT2D eigenvalue weighted by Gasteiger charge is -2.36. The number of piperazine rings is 1. The van der Waals surface area contributed by atoms with Gasteiger partial charge in [0.15, 0.2) is 0 Å². The fourth-order valence-corrected chi connectivity index (χ4v) is 2.85. The number of rotatable bonds is 7. The van der Waals surface area contributed by atoms with Gasteiger partial charge >= 0.3 is 6.09 Å². The summed E-state index contributed by atoms with van der Waals surface area (Å²) in [6, 6.07) is 10.4. The van der Waals surface area contributed by atoms with E-state index in [0.29, 0.717) is 6.54 Å². The number of carbonyl (C=O) groups is 2. The number of anilines is 1. The van der Waals surface area contributed by atoms with Crippen LogP contribution in [-0.2, 0) is 4.79 Å². The molecule has 2 amide bonds. The molecule has 1 saturated heterocycles. The van der Waals surface area contributed by atoms with Crippen LogP contribution in [0.25, 0.3) is 0 Å². The zero-order chi connectivity index (χ0) is 17.4. The van der Waals surface area contributed by atoms with Crippen LogP contribution in [0.15, 0.2) is 30.3 Å². The lowest BCUT2D eigenvalue weighted by molar-refractivity contribution is -0.121. The number of hydrogen-bond acceptors (Lipinski definition) is 4. The molecule has 0 aliphatic carbocycles. The van der Waals surface area contributed by atoms with Gasteiger partial charge in [-0.15, -0.1) is 0 Å². The maximum Gasteiger partial charge on any atom is 0.407 e. The molecule has 2 rings (SSSR count). The van der Waals surface area contributed by atoms with Gasteiger partial charge in [0.05, 0.1) is 0 Å². The highest BCUT2D eigenvalue weighted by atomic mass is 16.4. The van der Waals surface area contributed by atoms with Crippen molar-refractivity contribution in [3.8, 4) is 0 Å². The summed E-state index contributed by atoms with van der Waals surface area (Å²) in [5, 5.41) is 11.6. The third-order valence-corrected chi connectivity index (χ3v) is 4.28. The minimum Gasteiger partial charge on any atom is -0.465 e. The molecule has 1 heterocycles. The van der Waals surface area contributed by atoms with Crippen molar-refractivity contribution in [3.63, 3.8) is 0 Å². The predicted molar refractivity (Wildman–Crippen MR) is 93.4 cm³/mol. The van der Waals surface area contributed by atoms with E-state index in [1.807, 2.05) is 6.07 Å². The molecular formula is C17H26N4O3. The third-order valence-electron chi connectivity index (χ3n) is 4.28. The van der Waals surface area contributed by atoms with Gasteiger partial charge < -0.3 is 15.3 Å². The van der Waals surface area contributed by atoms with Crippen LogP contribution in [0, 0.1) is 0 Å². The van der Waals surface area contributed by atoms with Crippen molar-refractivity contribution in [1.29, 1.82) is 0 Å². The number of hydrogen-bond donors (Lipinski definition) is 2. The molecule has 7 heteroatoms. The van der Waals surface area contributed by atoms with E-state index < -0.39 is 6.09 Å². The summed E-state index contributed by atoms with van der Waals surface area (Å²) < 4.78 is 0. The highest BCUT2D eigenvalue weighted by Crippen LogP contribution is 2.15. The van der Waals surface area contributed by atoms with Gasteiger partial charge in [-0.3, -0.25) is 14.6 Å². The molecule has 0 spiro atoms. The molecule has 0 radical (unpaired) electrons. The Bertz CT molecular complexity index is 530. The number of amides is 2. The molecular weight excluding hydrogens is 308 g/mol. The monoisotopic (exact) mass is 334 g/mol. The second kappa shape index (κ2) is 9.12. The van der Waals surface area contributed by atoms with Crippen molar-refractivity contribution in [1.82, 2.24) is 15.1 Å².